The van der Waals surface area contributed by atoms with Crippen LogP contribution in [0.4, 0.5) is 0 Å². The van der Waals surface area contributed by atoms with Gasteiger partial charge in [0.05, 0.1) is 5.69 Å². The molecule has 0 amide bonds. The van der Waals surface area contributed by atoms with Crippen molar-refractivity contribution >= 4 is 0 Å². The maximum absolute atomic E-state index is 4.20. The van der Waals surface area contributed by atoms with Gasteiger partial charge in [0.25, 0.3) is 0 Å². The summed E-state index contributed by atoms with van der Waals surface area (Å²) >= 11 is 0. The van der Waals surface area contributed by atoms with Crippen molar-refractivity contribution in [2.24, 2.45) is 5.92 Å². The molecule has 1 aliphatic heterocycles. The number of piperazine rings is 1. The topological polar surface area (TPSA) is 41.0 Å². The first kappa shape index (κ1) is 13.4. The maximum atomic E-state index is 4.20. The quantitative estimate of drug-likeness (QED) is 0.880. The lowest BCUT2D eigenvalue weighted by Crippen LogP contribution is -2.57. The molecule has 0 bridgehead atoms. The van der Waals surface area contributed by atoms with E-state index in [4.69, 9.17) is 0 Å². The van der Waals surface area contributed by atoms with E-state index in [1.54, 1.807) is 6.20 Å². The highest BCUT2D eigenvalue weighted by atomic mass is 15.2. The highest BCUT2D eigenvalue weighted by molar-refractivity contribution is 5.00. The van der Waals surface area contributed by atoms with Gasteiger partial charge in [-0.15, -0.1) is 0 Å². The Kier molecular flexibility index (Phi) is 4.66. The molecule has 2 heterocycles. The molecule has 2 atom stereocenters. The molecule has 1 N–H and O–H groups in total. The van der Waals surface area contributed by atoms with Gasteiger partial charge in [-0.3, -0.25) is 4.90 Å². The van der Waals surface area contributed by atoms with Crippen molar-refractivity contribution in [1.29, 1.82) is 0 Å². The summed E-state index contributed by atoms with van der Waals surface area (Å²) in [5, 5.41) is 11.8. The molecular formula is C14H24N4. The third kappa shape index (κ3) is 3.27. The summed E-state index contributed by atoms with van der Waals surface area (Å²) < 4.78 is 0. The molecule has 4 nitrogen and oxygen atoms in total. The molecule has 1 aliphatic rings. The summed E-state index contributed by atoms with van der Waals surface area (Å²) in [4.78, 5) is 2.55. The smallest absolute Gasteiger partial charge is 0.0771 e. The average molecular weight is 248 g/mol. The van der Waals surface area contributed by atoms with Gasteiger partial charge in [0.1, 0.15) is 0 Å². The van der Waals surface area contributed by atoms with E-state index in [9.17, 15) is 0 Å². The Bertz CT molecular complexity index is 352. The van der Waals surface area contributed by atoms with Gasteiger partial charge in [-0.1, -0.05) is 20.8 Å². The minimum Gasteiger partial charge on any atom is -0.311 e. The van der Waals surface area contributed by atoms with Gasteiger partial charge in [-0.2, -0.15) is 10.2 Å². The normalized spacial score (nSPS) is 25.6. The minimum absolute atomic E-state index is 0.587. The van der Waals surface area contributed by atoms with E-state index in [1.165, 1.54) is 6.42 Å². The van der Waals surface area contributed by atoms with Crippen molar-refractivity contribution in [1.82, 2.24) is 20.4 Å². The number of nitrogens with zero attached hydrogens (tertiary/aromatic N) is 3. The second kappa shape index (κ2) is 6.25. The molecule has 0 aliphatic carbocycles. The van der Waals surface area contributed by atoms with Crippen molar-refractivity contribution in [2.45, 2.75) is 45.8 Å². The molecule has 0 radical (unpaired) electrons. The second-order valence-electron chi connectivity index (χ2n) is 5.47. The van der Waals surface area contributed by atoms with Crippen LogP contribution in [0.2, 0.25) is 0 Å². The van der Waals surface area contributed by atoms with Gasteiger partial charge in [0.2, 0.25) is 0 Å². The van der Waals surface area contributed by atoms with Crippen molar-refractivity contribution in [3.8, 4) is 0 Å². The van der Waals surface area contributed by atoms with Crippen LogP contribution in [0.1, 0.15) is 32.9 Å². The fraction of sp³-hybridized carbons (Fsp3) is 0.714. The molecule has 0 spiro atoms. The van der Waals surface area contributed by atoms with Crippen LogP contribution in [0, 0.1) is 5.92 Å². The van der Waals surface area contributed by atoms with Crippen LogP contribution in [-0.2, 0) is 6.54 Å². The van der Waals surface area contributed by atoms with E-state index < -0.39 is 0 Å². The molecule has 2 rings (SSSR count). The Morgan fingerprint density at radius 3 is 2.94 bits per heavy atom. The highest BCUT2D eigenvalue weighted by Gasteiger charge is 2.28. The van der Waals surface area contributed by atoms with Gasteiger partial charge < -0.3 is 5.32 Å². The van der Waals surface area contributed by atoms with Crippen molar-refractivity contribution in [3.05, 3.63) is 24.0 Å². The van der Waals surface area contributed by atoms with Crippen LogP contribution in [0.5, 0.6) is 0 Å². The first-order valence-electron chi connectivity index (χ1n) is 6.94. The van der Waals surface area contributed by atoms with Gasteiger partial charge in [0.15, 0.2) is 0 Å². The number of hydrogen-bond donors (Lipinski definition) is 1. The first-order valence-corrected chi connectivity index (χ1v) is 6.94. The third-order valence-electron chi connectivity index (χ3n) is 3.83. The highest BCUT2D eigenvalue weighted by Crippen LogP contribution is 2.16. The molecule has 1 fully saturated rings. The molecule has 2 unspecified atom stereocenters. The van der Waals surface area contributed by atoms with Crippen LogP contribution >= 0.6 is 0 Å². The molecule has 4 heteroatoms. The Morgan fingerprint density at radius 2 is 2.33 bits per heavy atom. The Balaban J connectivity index is 2.02. The fourth-order valence-corrected chi connectivity index (χ4v) is 2.55. The predicted octanol–water partition coefficient (Wildman–Crippen LogP) is 1.68. The van der Waals surface area contributed by atoms with Crippen molar-refractivity contribution in [3.63, 3.8) is 0 Å². The van der Waals surface area contributed by atoms with E-state index in [1.807, 2.05) is 6.07 Å². The Morgan fingerprint density at radius 1 is 1.50 bits per heavy atom. The van der Waals surface area contributed by atoms with Crippen LogP contribution in [0.15, 0.2) is 18.3 Å². The number of aromatic nitrogens is 2. The largest absolute Gasteiger partial charge is 0.311 e. The number of rotatable bonds is 4. The lowest BCUT2D eigenvalue weighted by atomic mass is 9.98. The maximum Gasteiger partial charge on any atom is 0.0771 e. The zero-order valence-electron chi connectivity index (χ0n) is 11.6. The first-order chi connectivity index (χ1) is 8.70. The molecule has 18 heavy (non-hydrogen) atoms. The monoisotopic (exact) mass is 248 g/mol. The summed E-state index contributed by atoms with van der Waals surface area (Å²) in [6, 6.07) is 5.23. The molecular weight excluding hydrogens is 224 g/mol. The van der Waals surface area contributed by atoms with Crippen molar-refractivity contribution in [2.75, 3.05) is 13.1 Å². The van der Waals surface area contributed by atoms with Crippen LogP contribution < -0.4 is 5.32 Å². The lowest BCUT2D eigenvalue weighted by Gasteiger charge is -2.41. The zero-order valence-corrected chi connectivity index (χ0v) is 11.6. The number of hydrogen-bond acceptors (Lipinski definition) is 4. The fourth-order valence-electron chi connectivity index (χ4n) is 2.55. The van der Waals surface area contributed by atoms with Gasteiger partial charge >= 0.3 is 0 Å². The standard InChI is InChI=1S/C14H24N4/c1-4-13-8-15-14(11(2)3)10-18(13)9-12-6-5-7-16-17-12/h5-7,11,13-15H,4,8-10H2,1-3H3. The minimum atomic E-state index is 0.587. The summed E-state index contributed by atoms with van der Waals surface area (Å²) in [5.74, 6) is 0.673. The summed E-state index contributed by atoms with van der Waals surface area (Å²) in [6.07, 6.45) is 2.91. The molecule has 1 aromatic rings. The molecule has 100 valence electrons. The lowest BCUT2D eigenvalue weighted by molar-refractivity contribution is 0.102. The average Bonchev–Trinajstić information content (AvgIpc) is 2.39. The van der Waals surface area contributed by atoms with Crippen LogP contribution in [0.3, 0.4) is 0 Å². The second-order valence-corrected chi connectivity index (χ2v) is 5.47. The number of nitrogens with one attached hydrogen (secondary N) is 1. The Hall–Kier alpha value is -1.00. The Labute approximate surface area is 110 Å². The van der Waals surface area contributed by atoms with E-state index >= 15 is 0 Å². The van der Waals surface area contributed by atoms with E-state index in [2.05, 4.69) is 47.3 Å². The van der Waals surface area contributed by atoms with E-state index in [0.29, 0.717) is 18.0 Å². The predicted molar refractivity (Wildman–Crippen MR) is 73.1 cm³/mol. The van der Waals surface area contributed by atoms with Gasteiger partial charge in [-0.25, -0.2) is 0 Å². The van der Waals surface area contributed by atoms with E-state index in [0.717, 1.165) is 25.3 Å². The molecule has 0 aromatic carbocycles. The van der Waals surface area contributed by atoms with Crippen molar-refractivity contribution < 1.29 is 0 Å². The molecule has 1 aromatic heterocycles. The van der Waals surface area contributed by atoms with Gasteiger partial charge in [-0.05, 0) is 24.5 Å². The van der Waals surface area contributed by atoms with Crippen LogP contribution in [0.25, 0.3) is 0 Å². The third-order valence-corrected chi connectivity index (χ3v) is 3.83. The molecule has 1 saturated heterocycles. The zero-order chi connectivity index (χ0) is 13.0. The summed E-state index contributed by atoms with van der Waals surface area (Å²) in [7, 11) is 0. The van der Waals surface area contributed by atoms with Crippen LogP contribution in [-0.4, -0.2) is 40.3 Å². The summed E-state index contributed by atoms with van der Waals surface area (Å²) in [5.41, 5.74) is 1.07. The van der Waals surface area contributed by atoms with Gasteiger partial charge in [0, 0.05) is 37.9 Å². The SMILES string of the molecule is CCC1CNC(C(C)C)CN1Cc1cccnn1. The van der Waals surface area contributed by atoms with E-state index in [-0.39, 0.29) is 0 Å². The molecule has 0 saturated carbocycles. The summed E-state index contributed by atoms with van der Waals surface area (Å²) in [6.45, 7) is 9.92.